The molecule has 0 saturated heterocycles. The molecule has 0 aromatic rings. The Kier molecular flexibility index (Phi) is 3.61. The van der Waals surface area contributed by atoms with E-state index < -0.39 is 6.16 Å². The van der Waals surface area contributed by atoms with Crippen molar-refractivity contribution in [1.82, 2.24) is 0 Å². The summed E-state index contributed by atoms with van der Waals surface area (Å²) in [5.74, 6) is 5.34. The maximum Gasteiger partial charge on any atom is 0.503 e. The largest absolute Gasteiger partial charge is 0.503 e. The summed E-state index contributed by atoms with van der Waals surface area (Å²) in [7, 11) is 0. The van der Waals surface area contributed by atoms with Crippen molar-refractivity contribution in [1.29, 1.82) is 0 Å². The molecule has 0 aliphatic heterocycles. The van der Waals surface area contributed by atoms with E-state index in [0.29, 0.717) is 0 Å². The molecular formula is C15H26O3. The SMILES string of the molecule is CC1CC1CC1CC(C)C(C)C12CC2.O=C(O)O. The molecule has 3 fully saturated rings. The summed E-state index contributed by atoms with van der Waals surface area (Å²) < 4.78 is 0. The first-order chi connectivity index (χ1) is 8.36. The Hall–Kier alpha value is -0.730. The lowest BCUT2D eigenvalue weighted by atomic mass is 9.83. The first-order valence-corrected chi connectivity index (χ1v) is 7.28. The van der Waals surface area contributed by atoms with Crippen LogP contribution in [0, 0.1) is 35.0 Å². The van der Waals surface area contributed by atoms with E-state index in [1.54, 1.807) is 25.7 Å². The van der Waals surface area contributed by atoms with E-state index in [2.05, 4.69) is 20.8 Å². The fourth-order valence-corrected chi connectivity index (χ4v) is 4.26. The van der Waals surface area contributed by atoms with Gasteiger partial charge in [-0.05, 0) is 67.1 Å². The maximum absolute atomic E-state index is 8.56. The first-order valence-electron chi connectivity index (χ1n) is 7.28. The molecule has 3 aliphatic rings. The van der Waals surface area contributed by atoms with Gasteiger partial charge in [-0.3, -0.25) is 0 Å². The van der Waals surface area contributed by atoms with Crippen molar-refractivity contribution in [3.63, 3.8) is 0 Å². The number of hydrogen-bond acceptors (Lipinski definition) is 1. The van der Waals surface area contributed by atoms with Gasteiger partial charge in [-0.15, -0.1) is 0 Å². The van der Waals surface area contributed by atoms with E-state index in [1.807, 2.05) is 0 Å². The van der Waals surface area contributed by atoms with Gasteiger partial charge < -0.3 is 10.2 Å². The van der Waals surface area contributed by atoms with Gasteiger partial charge in [0.05, 0.1) is 0 Å². The molecule has 5 unspecified atom stereocenters. The highest BCUT2D eigenvalue weighted by Crippen LogP contribution is 2.68. The van der Waals surface area contributed by atoms with Gasteiger partial charge in [-0.2, -0.15) is 0 Å². The molecule has 2 N–H and O–H groups in total. The van der Waals surface area contributed by atoms with Crippen LogP contribution in [0.25, 0.3) is 0 Å². The fourth-order valence-electron chi connectivity index (χ4n) is 4.26. The zero-order chi connectivity index (χ0) is 13.5. The summed E-state index contributed by atoms with van der Waals surface area (Å²) in [6, 6.07) is 0. The van der Waals surface area contributed by atoms with Gasteiger partial charge in [0.25, 0.3) is 0 Å². The molecule has 3 heteroatoms. The topological polar surface area (TPSA) is 57.5 Å². The number of carbonyl (C=O) groups is 1. The van der Waals surface area contributed by atoms with Crippen LogP contribution in [0.2, 0.25) is 0 Å². The molecule has 104 valence electrons. The highest BCUT2D eigenvalue weighted by atomic mass is 16.6. The predicted octanol–water partition coefficient (Wildman–Crippen LogP) is 4.33. The Labute approximate surface area is 110 Å². The molecule has 0 amide bonds. The van der Waals surface area contributed by atoms with Crippen LogP contribution in [-0.2, 0) is 0 Å². The molecule has 3 nitrogen and oxygen atoms in total. The Morgan fingerprint density at radius 3 is 2.00 bits per heavy atom. The molecule has 1 spiro atoms. The van der Waals surface area contributed by atoms with E-state index in [0.717, 1.165) is 35.0 Å². The smallest absolute Gasteiger partial charge is 0.450 e. The summed E-state index contributed by atoms with van der Waals surface area (Å²) >= 11 is 0. The summed E-state index contributed by atoms with van der Waals surface area (Å²) in [6.07, 6.45) is 5.95. The average molecular weight is 254 g/mol. The second-order valence-electron chi connectivity index (χ2n) is 6.92. The van der Waals surface area contributed by atoms with Crippen LogP contribution < -0.4 is 0 Å². The van der Waals surface area contributed by atoms with Gasteiger partial charge >= 0.3 is 6.16 Å². The van der Waals surface area contributed by atoms with E-state index >= 15 is 0 Å². The van der Waals surface area contributed by atoms with Crippen LogP contribution in [0.1, 0.15) is 52.9 Å². The van der Waals surface area contributed by atoms with Crippen LogP contribution in [-0.4, -0.2) is 16.4 Å². The third kappa shape index (κ3) is 2.65. The van der Waals surface area contributed by atoms with Gasteiger partial charge in [0.2, 0.25) is 0 Å². The summed E-state index contributed by atoms with van der Waals surface area (Å²) in [5, 5.41) is 13.9. The van der Waals surface area contributed by atoms with Crippen molar-refractivity contribution in [3.8, 4) is 0 Å². The molecule has 3 rings (SSSR count). The fraction of sp³-hybridized carbons (Fsp3) is 0.933. The molecule has 0 aromatic heterocycles. The molecule has 3 saturated carbocycles. The van der Waals surface area contributed by atoms with Crippen LogP contribution >= 0.6 is 0 Å². The van der Waals surface area contributed by atoms with Crippen molar-refractivity contribution < 1.29 is 15.0 Å². The molecule has 0 heterocycles. The molecule has 0 radical (unpaired) electrons. The summed E-state index contributed by atoms with van der Waals surface area (Å²) in [4.78, 5) is 8.56. The van der Waals surface area contributed by atoms with Crippen molar-refractivity contribution in [2.45, 2.75) is 52.9 Å². The van der Waals surface area contributed by atoms with Crippen LogP contribution in [0.15, 0.2) is 0 Å². The minimum atomic E-state index is -1.83. The lowest BCUT2D eigenvalue weighted by Crippen LogP contribution is -2.16. The van der Waals surface area contributed by atoms with Gasteiger partial charge in [0.15, 0.2) is 0 Å². The lowest BCUT2D eigenvalue weighted by Gasteiger charge is -2.22. The minimum Gasteiger partial charge on any atom is -0.450 e. The van der Waals surface area contributed by atoms with E-state index in [4.69, 9.17) is 15.0 Å². The van der Waals surface area contributed by atoms with E-state index in [1.165, 1.54) is 6.42 Å². The third-order valence-electron chi connectivity index (χ3n) is 5.92. The molecule has 0 aromatic carbocycles. The highest BCUT2D eigenvalue weighted by molar-refractivity contribution is 5.53. The standard InChI is InChI=1S/C14H24.CH2O3/c1-9-7-13(8-12-6-10(12)2)14(4-5-14)11(9)3;2-1(3)4/h9-13H,4-8H2,1-3H3;(H2,2,3,4). The number of rotatable bonds is 2. The quantitative estimate of drug-likeness (QED) is 0.771. The normalized spacial score (nSPS) is 43.2. The van der Waals surface area contributed by atoms with E-state index in [9.17, 15) is 0 Å². The predicted molar refractivity (Wildman–Crippen MR) is 70.6 cm³/mol. The van der Waals surface area contributed by atoms with Crippen LogP contribution in [0.4, 0.5) is 4.79 Å². The minimum absolute atomic E-state index is 0.849. The first kappa shape index (κ1) is 13.7. The number of hydrogen-bond donors (Lipinski definition) is 2. The van der Waals surface area contributed by atoms with Crippen molar-refractivity contribution in [3.05, 3.63) is 0 Å². The Morgan fingerprint density at radius 2 is 1.61 bits per heavy atom. The Morgan fingerprint density at radius 1 is 1.11 bits per heavy atom. The summed E-state index contributed by atoms with van der Waals surface area (Å²) in [6.45, 7) is 7.45. The molecule has 3 aliphatic carbocycles. The van der Waals surface area contributed by atoms with Gasteiger partial charge in [0.1, 0.15) is 0 Å². The summed E-state index contributed by atoms with van der Waals surface area (Å²) in [5.41, 5.74) is 0.849. The zero-order valence-electron chi connectivity index (χ0n) is 11.7. The zero-order valence-corrected chi connectivity index (χ0v) is 11.7. The van der Waals surface area contributed by atoms with Crippen molar-refractivity contribution >= 4 is 6.16 Å². The Bertz CT molecular complexity index is 318. The molecule has 5 atom stereocenters. The monoisotopic (exact) mass is 254 g/mol. The van der Waals surface area contributed by atoms with Gasteiger partial charge in [-0.25, -0.2) is 4.79 Å². The van der Waals surface area contributed by atoms with E-state index in [-0.39, 0.29) is 0 Å². The third-order valence-corrected chi connectivity index (χ3v) is 5.92. The highest BCUT2D eigenvalue weighted by Gasteiger charge is 2.59. The molecule has 18 heavy (non-hydrogen) atoms. The van der Waals surface area contributed by atoms with Crippen LogP contribution in [0.3, 0.4) is 0 Å². The molecule has 0 bridgehead atoms. The Balaban J connectivity index is 0.000000267. The number of carboxylic acid groups (broad SMARTS) is 2. The van der Waals surface area contributed by atoms with Gasteiger partial charge in [-0.1, -0.05) is 20.8 Å². The molecular weight excluding hydrogens is 228 g/mol. The van der Waals surface area contributed by atoms with Crippen LogP contribution in [0.5, 0.6) is 0 Å². The van der Waals surface area contributed by atoms with Gasteiger partial charge in [0, 0.05) is 0 Å². The second-order valence-corrected chi connectivity index (χ2v) is 6.92. The lowest BCUT2D eigenvalue weighted by molar-refractivity contribution is 0.137. The van der Waals surface area contributed by atoms with Crippen molar-refractivity contribution in [2.24, 2.45) is 35.0 Å². The maximum atomic E-state index is 8.56. The average Bonchev–Trinajstić information content (AvgIpc) is 3.12. The second kappa shape index (κ2) is 4.75. The van der Waals surface area contributed by atoms with Crippen molar-refractivity contribution in [2.75, 3.05) is 0 Å².